The minimum atomic E-state index is -1.31. The zero-order chi connectivity index (χ0) is 44.1. The van der Waals surface area contributed by atoms with Gasteiger partial charge in [0.2, 0.25) is 5.43 Å². The van der Waals surface area contributed by atoms with Gasteiger partial charge in [0, 0.05) is 56.6 Å². The Labute approximate surface area is 364 Å². The number of pyridine rings is 1. The number of rotatable bonds is 21. The van der Waals surface area contributed by atoms with Crippen molar-refractivity contribution in [1.29, 1.82) is 0 Å². The quantitative estimate of drug-likeness (QED) is 0.0892. The monoisotopic (exact) mass is 874 g/mol. The molecule has 7 rings (SSSR count). The van der Waals surface area contributed by atoms with E-state index in [2.05, 4.69) is 9.80 Å². The number of carboxylic acid groups (broad SMARTS) is 1. The molecule has 62 heavy (non-hydrogen) atoms. The number of carboxylic acids is 1. The summed E-state index contributed by atoms with van der Waals surface area (Å²) in [6.45, 7) is 4.05. The van der Waals surface area contributed by atoms with Crippen LogP contribution in [0.4, 0.5) is 10.1 Å². The number of aromatic nitrogens is 1. The molecule has 348 valence electrons. The fraction of sp³-hybridized carbons (Fsp3) is 0.778. The molecule has 2 aliphatic carbocycles. The third kappa shape index (κ3) is 10.6. The summed E-state index contributed by atoms with van der Waals surface area (Å²) in [4.78, 5) is 29.8. The van der Waals surface area contributed by atoms with Gasteiger partial charge in [-0.15, -0.1) is 0 Å². The third-order valence-electron chi connectivity index (χ3n) is 14.1. The maximum absolute atomic E-state index is 16.1. The number of nitrogens with two attached hydrogens (primary N) is 4. The number of aliphatic hydroxyl groups excluding tert-OH is 2. The second-order valence-electron chi connectivity index (χ2n) is 18.6. The number of unbranched alkanes of at least 4 members (excludes halogenated alkanes) is 9. The largest absolute Gasteiger partial charge is 0.492 e. The molecule has 0 radical (unpaired) electrons. The van der Waals surface area contributed by atoms with E-state index in [9.17, 15) is 24.9 Å². The van der Waals surface area contributed by atoms with Gasteiger partial charge in [-0.1, -0.05) is 51.4 Å². The summed E-state index contributed by atoms with van der Waals surface area (Å²) in [6, 6.07) is 0.0391. The second kappa shape index (κ2) is 21.3. The SMILES string of the molecule is COc1c(N2C[C@@H]3CCCN(CCCCCCCCCCCCO[C@@H]4[C@@H](O)[C@H](N)C[C@H](N)[C@H]4O[C@H]4O[C@H](CN)[C@@H](O)C[C@H]4N)[C@@H]3C2)c(F)cc2c(=O)c(C(=O)O)cn(C3CC3)c12. The number of aromatic carboxylic acids is 1. The third-order valence-corrected chi connectivity index (χ3v) is 14.1. The molecule has 2 saturated carbocycles. The second-order valence-corrected chi connectivity index (χ2v) is 18.6. The van der Waals surface area contributed by atoms with Gasteiger partial charge in [-0.2, -0.15) is 0 Å². The molecule has 0 amide bonds. The highest BCUT2D eigenvalue weighted by Gasteiger charge is 2.47. The highest BCUT2D eigenvalue weighted by Crippen LogP contribution is 2.46. The standard InChI is InChI=1S/C45H72FN7O9/c1-59-42-37-28(39(55)29(44(57)58)24-53(37)27-14-15-27)19-30(46)38(42)52-23-26-13-12-17-51(34(26)25-52)16-10-8-6-4-2-3-5-7-9-11-18-60-43-40(56)31(48)20-32(49)41(43)62-45-33(50)21-35(54)36(22-47)61-45/h19,24,26-27,31-36,40-41,43,45,54,56H,2-18,20-23,25,47-50H2,1H3,(H,57,58)/t26-,31+,32-,33+,34+,35-,36+,40-,41+,43+,45+/m0/s1. The summed E-state index contributed by atoms with van der Waals surface area (Å²) < 4.78 is 42.0. The van der Waals surface area contributed by atoms with Crippen LogP contribution in [-0.4, -0.2) is 138 Å². The number of anilines is 1. The zero-order valence-electron chi connectivity index (χ0n) is 36.5. The minimum absolute atomic E-state index is 0.0487. The molecule has 1 aromatic carbocycles. The number of likely N-dealkylation sites (tertiary alicyclic amines) is 1. The number of piperidine rings is 1. The number of hydrogen-bond donors (Lipinski definition) is 7. The van der Waals surface area contributed by atoms with Crippen LogP contribution in [0, 0.1) is 11.7 Å². The van der Waals surface area contributed by atoms with Gasteiger partial charge >= 0.3 is 5.97 Å². The summed E-state index contributed by atoms with van der Waals surface area (Å²) in [5.41, 5.74) is 24.4. The Kier molecular flexibility index (Phi) is 16.2. The minimum Gasteiger partial charge on any atom is -0.492 e. The fourth-order valence-corrected chi connectivity index (χ4v) is 10.6. The van der Waals surface area contributed by atoms with Crippen molar-refractivity contribution in [3.05, 3.63) is 33.9 Å². The molecule has 0 spiro atoms. The van der Waals surface area contributed by atoms with Crippen LogP contribution in [0.1, 0.15) is 119 Å². The van der Waals surface area contributed by atoms with Crippen LogP contribution in [0.3, 0.4) is 0 Å². The highest BCUT2D eigenvalue weighted by atomic mass is 19.1. The number of hydrogen-bond acceptors (Lipinski definition) is 14. The van der Waals surface area contributed by atoms with Gasteiger partial charge in [0.15, 0.2) is 17.9 Å². The molecule has 11 atom stereocenters. The van der Waals surface area contributed by atoms with E-state index < -0.39 is 72.2 Å². The molecule has 3 aliphatic heterocycles. The lowest BCUT2D eigenvalue weighted by atomic mass is 9.84. The van der Waals surface area contributed by atoms with Gasteiger partial charge in [0.1, 0.15) is 23.5 Å². The Balaban J connectivity index is 0.798. The Morgan fingerprint density at radius 2 is 1.61 bits per heavy atom. The van der Waals surface area contributed by atoms with Crippen molar-refractivity contribution in [3.8, 4) is 5.75 Å². The molecule has 5 fully saturated rings. The number of aliphatic hydroxyl groups is 2. The maximum atomic E-state index is 16.1. The zero-order valence-corrected chi connectivity index (χ0v) is 36.5. The Morgan fingerprint density at radius 3 is 2.27 bits per heavy atom. The van der Waals surface area contributed by atoms with Crippen LogP contribution >= 0.6 is 0 Å². The molecule has 16 nitrogen and oxygen atoms in total. The van der Waals surface area contributed by atoms with Gasteiger partial charge in [0.05, 0.1) is 42.4 Å². The highest BCUT2D eigenvalue weighted by molar-refractivity contribution is 5.97. The van der Waals surface area contributed by atoms with Crippen molar-refractivity contribution >= 4 is 22.6 Å². The first-order valence-corrected chi connectivity index (χ1v) is 23.3. The molecular weight excluding hydrogens is 802 g/mol. The van der Waals surface area contributed by atoms with Gasteiger partial charge in [-0.3, -0.25) is 9.69 Å². The Hall–Kier alpha value is -2.97. The predicted octanol–water partition coefficient (Wildman–Crippen LogP) is 2.94. The van der Waals surface area contributed by atoms with E-state index in [-0.39, 0.29) is 30.0 Å². The summed E-state index contributed by atoms with van der Waals surface area (Å²) >= 11 is 0. The van der Waals surface area contributed by atoms with Crippen LogP contribution in [0.25, 0.3) is 10.9 Å². The summed E-state index contributed by atoms with van der Waals surface area (Å²) in [5.74, 6) is -1.14. The number of nitrogens with zero attached hydrogens (tertiary/aromatic N) is 3. The predicted molar refractivity (Wildman–Crippen MR) is 234 cm³/mol. The van der Waals surface area contributed by atoms with E-state index in [1.165, 1.54) is 51.5 Å². The molecule has 4 heterocycles. The first kappa shape index (κ1) is 47.0. The number of halogens is 1. The van der Waals surface area contributed by atoms with E-state index in [1.807, 2.05) is 4.57 Å². The fourth-order valence-electron chi connectivity index (χ4n) is 10.6. The lowest BCUT2D eigenvalue weighted by Crippen LogP contribution is -2.65. The number of carbonyl (C=O) groups is 1. The first-order valence-electron chi connectivity index (χ1n) is 23.3. The van der Waals surface area contributed by atoms with Crippen molar-refractivity contribution in [3.63, 3.8) is 0 Å². The lowest BCUT2D eigenvalue weighted by Gasteiger charge is -2.45. The molecule has 3 saturated heterocycles. The van der Waals surface area contributed by atoms with Crippen molar-refractivity contribution in [2.75, 3.05) is 51.3 Å². The van der Waals surface area contributed by atoms with Crippen molar-refractivity contribution in [2.45, 2.75) is 170 Å². The van der Waals surface area contributed by atoms with Crippen LogP contribution in [0.15, 0.2) is 17.1 Å². The normalized spacial score (nSPS) is 31.7. The average molecular weight is 874 g/mol. The Bertz CT molecular complexity index is 1870. The van der Waals surface area contributed by atoms with Gasteiger partial charge < -0.3 is 66.7 Å². The molecule has 0 unspecified atom stereocenters. The molecule has 17 heteroatoms. The molecule has 5 aliphatic rings. The number of ether oxygens (including phenoxy) is 4. The molecule has 11 N–H and O–H groups in total. The van der Waals surface area contributed by atoms with Crippen molar-refractivity contribution in [2.24, 2.45) is 28.9 Å². The molecular formula is C45H72FN7O9. The molecule has 2 aromatic rings. The van der Waals surface area contributed by atoms with Crippen molar-refractivity contribution in [1.82, 2.24) is 9.47 Å². The van der Waals surface area contributed by atoms with E-state index in [1.54, 1.807) is 0 Å². The van der Waals surface area contributed by atoms with E-state index in [4.69, 9.17) is 41.9 Å². The van der Waals surface area contributed by atoms with Crippen LogP contribution in [0.5, 0.6) is 5.75 Å². The Morgan fingerprint density at radius 1 is 0.919 bits per heavy atom. The number of methoxy groups -OCH3 is 1. The van der Waals surface area contributed by atoms with E-state index in [0.29, 0.717) is 55.0 Å². The van der Waals surface area contributed by atoms with E-state index in [0.717, 1.165) is 70.9 Å². The maximum Gasteiger partial charge on any atom is 0.341 e. The first-order chi connectivity index (χ1) is 29.9. The smallest absolute Gasteiger partial charge is 0.341 e. The summed E-state index contributed by atoms with van der Waals surface area (Å²) in [7, 11) is 1.50. The van der Waals surface area contributed by atoms with Crippen LogP contribution < -0.4 is 38.0 Å². The topological polar surface area (TPSA) is 247 Å². The molecule has 1 aromatic heterocycles. The average Bonchev–Trinajstić information content (AvgIpc) is 4.00. The lowest BCUT2D eigenvalue weighted by molar-refractivity contribution is -0.272. The van der Waals surface area contributed by atoms with Gasteiger partial charge in [0.25, 0.3) is 0 Å². The summed E-state index contributed by atoms with van der Waals surface area (Å²) in [6.07, 6.45) is 12.8. The van der Waals surface area contributed by atoms with Gasteiger partial charge in [-0.05, 0) is 76.4 Å². The van der Waals surface area contributed by atoms with Gasteiger partial charge in [-0.25, -0.2) is 9.18 Å². The number of benzene rings is 1. The molecule has 0 bridgehead atoms. The van der Waals surface area contributed by atoms with Crippen molar-refractivity contribution < 1.29 is 43.5 Å². The number of fused-ring (bicyclic) bond motifs is 2. The van der Waals surface area contributed by atoms with Crippen LogP contribution in [-0.2, 0) is 14.2 Å². The summed E-state index contributed by atoms with van der Waals surface area (Å²) in [5, 5.41) is 30.9. The van der Waals surface area contributed by atoms with E-state index >= 15 is 4.39 Å². The van der Waals surface area contributed by atoms with Crippen LogP contribution in [0.2, 0.25) is 0 Å².